The zero-order chi connectivity index (χ0) is 45.3. The van der Waals surface area contributed by atoms with Gasteiger partial charge >= 0.3 is 0 Å². The second-order valence-corrected chi connectivity index (χ2v) is 16.8. The maximum Gasteiger partial charge on any atom is 0.140 e. The van der Waals surface area contributed by atoms with Crippen LogP contribution < -0.4 is 4.90 Å². The van der Waals surface area contributed by atoms with E-state index in [9.17, 15) is 0 Å². The van der Waals surface area contributed by atoms with Crippen LogP contribution in [-0.4, -0.2) is 17.3 Å². The summed E-state index contributed by atoms with van der Waals surface area (Å²) in [5, 5.41) is 0. The van der Waals surface area contributed by atoms with Crippen molar-refractivity contribution in [3.05, 3.63) is 286 Å². The molecule has 3 nitrogen and oxygen atoms in total. The summed E-state index contributed by atoms with van der Waals surface area (Å²) >= 11 is 0. The summed E-state index contributed by atoms with van der Waals surface area (Å²) in [6, 6.07) is 50.2. The summed E-state index contributed by atoms with van der Waals surface area (Å²) in [7, 11) is 0. The van der Waals surface area contributed by atoms with Crippen molar-refractivity contribution < 1.29 is 0 Å². The minimum atomic E-state index is 0.479. The molecule has 0 radical (unpaired) electrons. The first kappa shape index (κ1) is 43.9. The van der Waals surface area contributed by atoms with Crippen LogP contribution in [0.4, 0.5) is 11.4 Å². The normalized spacial score (nSPS) is 14.7. The van der Waals surface area contributed by atoms with Crippen LogP contribution in [0.1, 0.15) is 74.5 Å². The first-order valence-corrected chi connectivity index (χ1v) is 22.5. The molecule has 1 heterocycles. The van der Waals surface area contributed by atoms with Gasteiger partial charge in [0.15, 0.2) is 0 Å². The highest BCUT2D eigenvalue weighted by Crippen LogP contribution is 2.41. The van der Waals surface area contributed by atoms with Gasteiger partial charge in [-0.2, -0.15) is 0 Å². The minimum Gasteiger partial charge on any atom is -0.311 e. The molecule has 6 aromatic rings. The third-order valence-electron chi connectivity index (χ3n) is 11.7. The van der Waals surface area contributed by atoms with E-state index in [0.717, 1.165) is 85.2 Å². The van der Waals surface area contributed by atoms with Crippen molar-refractivity contribution >= 4 is 40.5 Å². The highest BCUT2D eigenvalue weighted by molar-refractivity contribution is 6.05. The van der Waals surface area contributed by atoms with E-state index >= 15 is 0 Å². The molecule has 0 amide bonds. The highest BCUT2D eigenvalue weighted by Gasteiger charge is 2.31. The molecular weight excluding hydrogens is 787 g/mol. The van der Waals surface area contributed by atoms with Gasteiger partial charge in [0.1, 0.15) is 5.84 Å². The summed E-state index contributed by atoms with van der Waals surface area (Å²) in [5.74, 6) is 0.869. The largest absolute Gasteiger partial charge is 0.311 e. The molecule has 0 atom stereocenters. The summed E-state index contributed by atoms with van der Waals surface area (Å²) in [6.45, 7) is 20.3. The number of amidine groups is 1. The number of allylic oxidation sites excluding steroid dienone is 9. The predicted octanol–water partition coefficient (Wildman–Crippen LogP) is 15.9. The predicted molar refractivity (Wildman–Crippen MR) is 280 cm³/mol. The van der Waals surface area contributed by atoms with Gasteiger partial charge in [-0.1, -0.05) is 187 Å². The van der Waals surface area contributed by atoms with Gasteiger partial charge in [0.2, 0.25) is 0 Å². The third-order valence-corrected chi connectivity index (χ3v) is 11.7. The zero-order valence-electron chi connectivity index (χ0n) is 38.3. The van der Waals surface area contributed by atoms with E-state index in [1.807, 2.05) is 19.1 Å². The van der Waals surface area contributed by atoms with Crippen molar-refractivity contribution in [2.24, 2.45) is 4.99 Å². The van der Waals surface area contributed by atoms with Gasteiger partial charge in [0, 0.05) is 33.9 Å². The lowest BCUT2D eigenvalue weighted by atomic mass is 9.86. The fourth-order valence-electron chi connectivity index (χ4n) is 8.83. The smallest absolute Gasteiger partial charge is 0.140 e. The van der Waals surface area contributed by atoms with Crippen LogP contribution in [0.3, 0.4) is 0 Å². The van der Waals surface area contributed by atoms with Gasteiger partial charge < -0.3 is 4.90 Å². The molecule has 0 saturated heterocycles. The molecule has 1 aliphatic heterocycles. The molecule has 8 rings (SSSR count). The lowest BCUT2D eigenvalue weighted by Crippen LogP contribution is -2.27. The van der Waals surface area contributed by atoms with Gasteiger partial charge in [-0.25, -0.2) is 0 Å². The molecule has 2 aliphatic rings. The Kier molecular flexibility index (Phi) is 13.6. The average Bonchev–Trinajstić information content (AvgIpc) is 3.55. The third kappa shape index (κ3) is 10.1. The van der Waals surface area contributed by atoms with Crippen molar-refractivity contribution in [3.8, 4) is 0 Å². The molecule has 0 saturated carbocycles. The molecule has 1 aliphatic carbocycles. The van der Waals surface area contributed by atoms with Crippen LogP contribution in [0.15, 0.2) is 229 Å². The van der Waals surface area contributed by atoms with Crippen molar-refractivity contribution in [3.63, 3.8) is 0 Å². The van der Waals surface area contributed by atoms with E-state index in [1.165, 1.54) is 27.8 Å². The van der Waals surface area contributed by atoms with E-state index in [1.54, 1.807) is 0 Å². The van der Waals surface area contributed by atoms with Gasteiger partial charge in [-0.15, -0.1) is 0 Å². The number of hydrogen-bond donors (Lipinski definition) is 0. The lowest BCUT2D eigenvalue weighted by molar-refractivity contribution is 0.678. The Hall–Kier alpha value is -7.75. The Balaban J connectivity index is 1.24. The number of anilines is 2. The summed E-state index contributed by atoms with van der Waals surface area (Å²) in [5.41, 5.74) is 20.0. The van der Waals surface area contributed by atoms with Crippen LogP contribution in [0.5, 0.6) is 0 Å². The Morgan fingerprint density at radius 3 is 1.88 bits per heavy atom. The molecular formula is C62H57N3. The Morgan fingerprint density at radius 1 is 0.662 bits per heavy atom. The number of nitrogens with zero attached hydrogens (tertiary/aromatic N) is 3. The fourth-order valence-corrected chi connectivity index (χ4v) is 8.83. The van der Waals surface area contributed by atoms with E-state index in [-0.39, 0.29) is 0 Å². The molecule has 0 bridgehead atoms. The standard InChI is InChI=1S/C62H57N3/c1-8-10-22-54(9-2)65-60(61(53-41-46(5)38-47(6)42-53)59-26-19-18-25-58(59)48(7)52-39-44(3)37-45(4)40-52)43-63-62(65)51-31-35-57(36-32-51)64(55-23-16-11-12-17-24-55)56-33-29-50(30-34-56)28-27-49-20-14-13-15-21-49/h8-16,18-42H,2,7,17,43H2,1,3-6H3/b10-8-,28-27+,54-22+,61-60+. The number of rotatable bonds is 13. The molecule has 320 valence electrons. The second kappa shape index (κ2) is 20.2. The molecule has 0 unspecified atom stereocenters. The SMILES string of the molecule is C=C/C(=C\C=C/C)N1C(c2ccc(N(C3=CCC=CC=C3)c3ccc(/C=C/c4ccccc4)cc3)cc2)=NC/C1=C(/c1cc(C)cc(C)c1)c1ccccc1C(=C)c1cc(C)cc(C)c1. The van der Waals surface area contributed by atoms with Crippen molar-refractivity contribution in [1.82, 2.24) is 4.90 Å². The summed E-state index contributed by atoms with van der Waals surface area (Å²) in [6.07, 6.45) is 24.2. The molecule has 6 aromatic carbocycles. The topological polar surface area (TPSA) is 18.8 Å². The number of aryl methyl sites for hydroxylation is 4. The first-order chi connectivity index (χ1) is 31.7. The molecule has 0 spiro atoms. The van der Waals surface area contributed by atoms with E-state index in [4.69, 9.17) is 11.6 Å². The van der Waals surface area contributed by atoms with Gasteiger partial charge in [0.05, 0.1) is 12.2 Å². The van der Waals surface area contributed by atoms with Crippen LogP contribution >= 0.6 is 0 Å². The minimum absolute atomic E-state index is 0.479. The van der Waals surface area contributed by atoms with Gasteiger partial charge in [0.25, 0.3) is 0 Å². The second-order valence-electron chi connectivity index (χ2n) is 16.8. The van der Waals surface area contributed by atoms with Crippen LogP contribution in [0.25, 0.3) is 23.3 Å². The van der Waals surface area contributed by atoms with Crippen molar-refractivity contribution in [2.75, 3.05) is 11.4 Å². The quantitative estimate of drug-likeness (QED) is 0.0852. The monoisotopic (exact) mass is 843 g/mol. The van der Waals surface area contributed by atoms with Crippen molar-refractivity contribution in [2.45, 2.75) is 41.0 Å². The number of aliphatic imine (C=N–C) groups is 1. The average molecular weight is 844 g/mol. The van der Waals surface area contributed by atoms with Gasteiger partial charge in [-0.3, -0.25) is 9.89 Å². The zero-order valence-corrected chi connectivity index (χ0v) is 38.3. The maximum atomic E-state index is 5.40. The van der Waals surface area contributed by atoms with Crippen LogP contribution in [0.2, 0.25) is 0 Å². The first-order valence-electron chi connectivity index (χ1n) is 22.5. The maximum absolute atomic E-state index is 5.40. The summed E-state index contributed by atoms with van der Waals surface area (Å²) < 4.78 is 0. The fraction of sp³-hybridized carbons (Fsp3) is 0.113. The van der Waals surface area contributed by atoms with E-state index in [2.05, 4.69) is 238 Å². The highest BCUT2D eigenvalue weighted by atomic mass is 15.3. The van der Waals surface area contributed by atoms with Crippen LogP contribution in [0, 0.1) is 27.7 Å². The van der Waals surface area contributed by atoms with E-state index < -0.39 is 0 Å². The van der Waals surface area contributed by atoms with E-state index in [0.29, 0.717) is 6.54 Å². The molecule has 65 heavy (non-hydrogen) atoms. The molecule has 0 aromatic heterocycles. The Bertz CT molecular complexity index is 2940. The molecule has 0 N–H and O–H groups in total. The molecule has 0 fully saturated rings. The number of hydrogen-bond acceptors (Lipinski definition) is 3. The van der Waals surface area contributed by atoms with Crippen LogP contribution in [-0.2, 0) is 0 Å². The Labute approximate surface area is 386 Å². The molecule has 3 heteroatoms. The lowest BCUT2D eigenvalue weighted by Gasteiger charge is -2.29. The summed E-state index contributed by atoms with van der Waals surface area (Å²) in [4.78, 5) is 10.0. The van der Waals surface area contributed by atoms with Gasteiger partial charge in [-0.05, 0) is 135 Å². The Morgan fingerprint density at radius 2 is 1.25 bits per heavy atom. The van der Waals surface area contributed by atoms with Crippen molar-refractivity contribution in [1.29, 1.82) is 0 Å². The number of benzene rings is 6.